The quantitative estimate of drug-likeness (QED) is 0.203. The predicted molar refractivity (Wildman–Crippen MR) is 135 cm³/mol. The van der Waals surface area contributed by atoms with E-state index in [2.05, 4.69) is 96.8 Å². The van der Waals surface area contributed by atoms with Crippen molar-refractivity contribution in [3.05, 3.63) is 108 Å². The standard InChI is InChI=1S/C28H25NO.BF4/c1-3-22(18-21-14-16-26(30-2)17-15-21)27-19-25(23-10-6-4-7-11-23)20-28(29-27)24-12-8-5-9-13-24;2-1(3,4)5/h4-20H,3H2,1-2H3;/q;-1/p+1. The number of halogens is 4. The molecule has 0 amide bonds. The van der Waals surface area contributed by atoms with E-state index in [9.17, 15) is 17.3 Å². The molecule has 0 radical (unpaired) electrons. The van der Waals surface area contributed by atoms with Crippen LogP contribution in [0, 0.1) is 0 Å². The lowest BCUT2D eigenvalue weighted by atomic mass is 9.98. The first-order valence-electron chi connectivity index (χ1n) is 11.2. The van der Waals surface area contributed by atoms with E-state index >= 15 is 0 Å². The van der Waals surface area contributed by atoms with Crippen molar-refractivity contribution in [2.75, 3.05) is 7.11 Å². The average molecular weight is 479 g/mol. The molecule has 0 aliphatic rings. The van der Waals surface area contributed by atoms with Crippen molar-refractivity contribution in [3.63, 3.8) is 0 Å². The summed E-state index contributed by atoms with van der Waals surface area (Å²) in [5.74, 6) is 0.870. The summed E-state index contributed by atoms with van der Waals surface area (Å²) in [5.41, 5.74) is 8.26. The van der Waals surface area contributed by atoms with Gasteiger partial charge in [0.2, 0.25) is 11.4 Å². The van der Waals surface area contributed by atoms with E-state index in [-0.39, 0.29) is 0 Å². The summed E-state index contributed by atoms with van der Waals surface area (Å²) in [4.78, 5) is 3.67. The minimum absolute atomic E-state index is 0.870. The Hall–Kier alpha value is -3.87. The molecule has 3 aromatic carbocycles. The fourth-order valence-corrected chi connectivity index (χ4v) is 3.58. The summed E-state index contributed by atoms with van der Waals surface area (Å²) in [6.45, 7) is 2.20. The lowest BCUT2D eigenvalue weighted by molar-refractivity contribution is -0.368. The zero-order valence-corrected chi connectivity index (χ0v) is 19.5. The molecule has 0 aliphatic carbocycles. The molecule has 1 heterocycles. The van der Waals surface area contributed by atoms with Gasteiger partial charge in [-0.1, -0.05) is 67.6 Å². The molecule has 0 aliphatic heterocycles. The zero-order valence-electron chi connectivity index (χ0n) is 19.5. The van der Waals surface area contributed by atoms with Crippen molar-refractivity contribution in [1.29, 1.82) is 0 Å². The van der Waals surface area contributed by atoms with Crippen molar-refractivity contribution >= 4 is 18.9 Å². The maximum Gasteiger partial charge on any atom is 0.673 e. The van der Waals surface area contributed by atoms with Crippen molar-refractivity contribution in [2.24, 2.45) is 0 Å². The van der Waals surface area contributed by atoms with Gasteiger partial charge in [-0.3, -0.25) is 0 Å². The van der Waals surface area contributed by atoms with E-state index in [0.29, 0.717) is 0 Å². The molecule has 1 aromatic heterocycles. The summed E-state index contributed by atoms with van der Waals surface area (Å²) < 4.78 is 44.3. The van der Waals surface area contributed by atoms with E-state index in [1.165, 1.54) is 22.3 Å². The van der Waals surface area contributed by atoms with Crippen LogP contribution in [-0.4, -0.2) is 14.4 Å². The highest BCUT2D eigenvalue weighted by molar-refractivity contribution is 6.50. The fraction of sp³-hybridized carbons (Fsp3) is 0.107. The van der Waals surface area contributed by atoms with Crippen LogP contribution in [0.4, 0.5) is 17.3 Å². The Morgan fingerprint density at radius 3 is 1.83 bits per heavy atom. The van der Waals surface area contributed by atoms with Gasteiger partial charge >= 0.3 is 7.25 Å². The largest absolute Gasteiger partial charge is 0.673 e. The predicted octanol–water partition coefficient (Wildman–Crippen LogP) is 8.09. The number of ether oxygens (including phenoxy) is 1. The second-order valence-corrected chi connectivity index (χ2v) is 7.72. The van der Waals surface area contributed by atoms with Crippen molar-refractivity contribution in [2.45, 2.75) is 13.3 Å². The van der Waals surface area contributed by atoms with Crippen LogP contribution in [0.3, 0.4) is 0 Å². The Morgan fingerprint density at radius 2 is 1.31 bits per heavy atom. The SMILES string of the molecule is CCC(=Cc1ccc(OC)cc1)c1cc(-c2ccccc2)cc(-c2ccccc2)[nH+]1.F[B-](F)(F)F. The number of aromatic nitrogens is 1. The second-order valence-electron chi connectivity index (χ2n) is 7.72. The van der Waals surface area contributed by atoms with Crippen LogP contribution in [0.1, 0.15) is 24.6 Å². The van der Waals surface area contributed by atoms with Crippen molar-refractivity contribution in [1.82, 2.24) is 0 Å². The molecule has 0 spiro atoms. The smallest absolute Gasteiger partial charge is 0.497 e. The number of H-pyrrole nitrogens is 1. The Labute approximate surface area is 203 Å². The molecule has 0 saturated heterocycles. The van der Waals surface area contributed by atoms with E-state index < -0.39 is 7.25 Å². The number of hydrogen-bond acceptors (Lipinski definition) is 1. The number of methoxy groups -OCH3 is 1. The first kappa shape index (κ1) is 25.8. The highest BCUT2D eigenvalue weighted by Gasteiger charge is 2.20. The van der Waals surface area contributed by atoms with Gasteiger partial charge in [0.25, 0.3) is 0 Å². The molecule has 0 fully saturated rings. The van der Waals surface area contributed by atoms with Crippen LogP contribution in [0.25, 0.3) is 34.0 Å². The Kier molecular flexibility index (Phi) is 8.84. The van der Waals surface area contributed by atoms with Gasteiger partial charge in [-0.2, -0.15) is 0 Å². The zero-order chi connectivity index (χ0) is 25.3. The van der Waals surface area contributed by atoms with Gasteiger partial charge in [-0.25, -0.2) is 4.98 Å². The molecule has 0 bridgehead atoms. The minimum atomic E-state index is -6.00. The number of pyridine rings is 1. The summed E-state index contributed by atoms with van der Waals surface area (Å²) in [6.07, 6.45) is 3.17. The van der Waals surface area contributed by atoms with Crippen LogP contribution in [0.15, 0.2) is 97.1 Å². The Morgan fingerprint density at radius 1 is 0.771 bits per heavy atom. The fourth-order valence-electron chi connectivity index (χ4n) is 3.58. The molecule has 1 N–H and O–H groups in total. The maximum atomic E-state index is 9.75. The van der Waals surface area contributed by atoms with Gasteiger partial charge in [0.15, 0.2) is 0 Å². The van der Waals surface area contributed by atoms with E-state index in [1.54, 1.807) is 7.11 Å². The molecular formula is C28H26BF4NO. The molecule has 0 unspecified atom stereocenters. The molecule has 4 aromatic rings. The molecular weight excluding hydrogens is 453 g/mol. The summed E-state index contributed by atoms with van der Waals surface area (Å²) in [5, 5.41) is 0. The topological polar surface area (TPSA) is 23.4 Å². The van der Waals surface area contributed by atoms with Gasteiger partial charge in [-0.15, -0.1) is 0 Å². The highest BCUT2D eigenvalue weighted by Crippen LogP contribution is 2.28. The first-order chi connectivity index (χ1) is 16.8. The van der Waals surface area contributed by atoms with Crippen LogP contribution in [0.5, 0.6) is 5.75 Å². The van der Waals surface area contributed by atoms with E-state index in [1.807, 2.05) is 18.2 Å². The van der Waals surface area contributed by atoms with E-state index in [4.69, 9.17) is 4.74 Å². The van der Waals surface area contributed by atoms with Gasteiger partial charge in [0.1, 0.15) is 5.75 Å². The maximum absolute atomic E-state index is 9.75. The first-order valence-corrected chi connectivity index (χ1v) is 11.2. The summed E-state index contributed by atoms with van der Waals surface area (Å²) in [6, 6.07) is 33.7. The number of hydrogen-bond donors (Lipinski definition) is 0. The molecule has 4 rings (SSSR count). The van der Waals surface area contributed by atoms with Crippen LogP contribution in [-0.2, 0) is 0 Å². The monoisotopic (exact) mass is 479 g/mol. The normalized spacial score (nSPS) is 11.4. The highest BCUT2D eigenvalue weighted by atomic mass is 19.5. The molecule has 180 valence electrons. The number of nitrogens with one attached hydrogen (secondary N) is 1. The Balaban J connectivity index is 0.000000623. The van der Waals surface area contributed by atoms with Crippen LogP contribution >= 0.6 is 0 Å². The number of rotatable bonds is 6. The van der Waals surface area contributed by atoms with Gasteiger partial charge < -0.3 is 22.0 Å². The van der Waals surface area contributed by atoms with Crippen molar-refractivity contribution < 1.29 is 27.0 Å². The minimum Gasteiger partial charge on any atom is -0.497 e. The lowest BCUT2D eigenvalue weighted by Crippen LogP contribution is -2.14. The number of allylic oxidation sites excluding steroid dienone is 1. The lowest BCUT2D eigenvalue weighted by Gasteiger charge is -2.07. The Bertz CT molecular complexity index is 1180. The van der Waals surface area contributed by atoms with Crippen LogP contribution in [0.2, 0.25) is 0 Å². The van der Waals surface area contributed by atoms with Crippen LogP contribution < -0.4 is 9.72 Å². The molecule has 7 heteroatoms. The second kappa shape index (κ2) is 12.0. The van der Waals surface area contributed by atoms with E-state index in [0.717, 1.165) is 29.1 Å². The molecule has 0 saturated carbocycles. The van der Waals surface area contributed by atoms with Gasteiger partial charge in [0.05, 0.1) is 7.11 Å². The summed E-state index contributed by atoms with van der Waals surface area (Å²) in [7, 11) is -4.31. The van der Waals surface area contributed by atoms with Gasteiger partial charge in [0, 0.05) is 23.3 Å². The molecule has 0 atom stereocenters. The average Bonchev–Trinajstić information content (AvgIpc) is 2.87. The number of aromatic amines is 1. The number of benzene rings is 3. The third-order valence-corrected chi connectivity index (χ3v) is 5.24. The van der Waals surface area contributed by atoms with Gasteiger partial charge in [-0.05, 0) is 53.5 Å². The summed E-state index contributed by atoms with van der Waals surface area (Å²) >= 11 is 0. The third kappa shape index (κ3) is 8.14. The molecule has 2 nitrogen and oxygen atoms in total. The van der Waals surface area contributed by atoms with Crippen molar-refractivity contribution in [3.8, 4) is 28.1 Å². The molecule has 35 heavy (non-hydrogen) atoms. The third-order valence-electron chi connectivity index (χ3n) is 5.24.